The molecule has 17 heavy (non-hydrogen) atoms. The smallest absolute Gasteiger partial charge is 0.0409 e. The minimum Gasteiger partial charge on any atom is -0.309 e. The molecule has 3 heteroatoms. The van der Waals surface area contributed by atoms with Gasteiger partial charge in [-0.05, 0) is 43.2 Å². The van der Waals surface area contributed by atoms with E-state index in [0.717, 1.165) is 16.8 Å². The van der Waals surface area contributed by atoms with Gasteiger partial charge in [0.05, 0.1) is 0 Å². The van der Waals surface area contributed by atoms with Gasteiger partial charge in [0.1, 0.15) is 0 Å². The highest BCUT2D eigenvalue weighted by molar-refractivity contribution is 7.99. The maximum absolute atomic E-state index is 6.01. The molecule has 1 aliphatic rings. The summed E-state index contributed by atoms with van der Waals surface area (Å²) in [4.78, 5) is 0. The van der Waals surface area contributed by atoms with Crippen LogP contribution >= 0.6 is 23.4 Å². The number of hydrogen-bond donors (Lipinski definition) is 1. The second kappa shape index (κ2) is 6.67. The topological polar surface area (TPSA) is 12.0 Å². The van der Waals surface area contributed by atoms with Gasteiger partial charge in [0.2, 0.25) is 0 Å². The van der Waals surface area contributed by atoms with E-state index in [-0.39, 0.29) is 0 Å². The van der Waals surface area contributed by atoms with Crippen molar-refractivity contribution in [1.82, 2.24) is 5.32 Å². The number of thioether (sulfide) groups is 1. The lowest BCUT2D eigenvalue weighted by Crippen LogP contribution is -2.28. The fourth-order valence-electron chi connectivity index (χ4n) is 2.17. The van der Waals surface area contributed by atoms with Gasteiger partial charge >= 0.3 is 0 Å². The lowest BCUT2D eigenvalue weighted by molar-refractivity contribution is 0.538. The van der Waals surface area contributed by atoms with Gasteiger partial charge in [-0.15, -0.1) is 0 Å². The number of nitrogens with one attached hydrogen (secondary N) is 1. The van der Waals surface area contributed by atoms with Gasteiger partial charge in [-0.2, -0.15) is 11.8 Å². The van der Waals surface area contributed by atoms with E-state index in [1.807, 2.05) is 18.2 Å². The van der Waals surface area contributed by atoms with Crippen LogP contribution in [0.25, 0.3) is 0 Å². The molecule has 1 aromatic carbocycles. The molecule has 2 atom stereocenters. The molecule has 94 valence electrons. The average molecular weight is 270 g/mol. The molecule has 0 aromatic heterocycles. The molecule has 0 saturated carbocycles. The predicted octanol–water partition coefficient (Wildman–Crippen LogP) is 4.28. The van der Waals surface area contributed by atoms with Crippen LogP contribution < -0.4 is 5.32 Å². The molecule has 1 saturated heterocycles. The van der Waals surface area contributed by atoms with Gasteiger partial charge in [-0.25, -0.2) is 0 Å². The Labute approximate surface area is 113 Å². The van der Waals surface area contributed by atoms with Crippen LogP contribution in [0, 0.1) is 0 Å². The van der Waals surface area contributed by atoms with Crippen LogP contribution in [0.15, 0.2) is 24.3 Å². The van der Waals surface area contributed by atoms with Crippen molar-refractivity contribution in [2.24, 2.45) is 0 Å². The minimum absolute atomic E-state index is 0.385. The van der Waals surface area contributed by atoms with Crippen molar-refractivity contribution < 1.29 is 0 Å². The summed E-state index contributed by atoms with van der Waals surface area (Å²) in [5, 5.41) is 5.24. The first-order valence-electron chi connectivity index (χ1n) is 6.36. The zero-order valence-corrected chi connectivity index (χ0v) is 11.9. The third-order valence-corrected chi connectivity index (χ3v) is 4.91. The van der Waals surface area contributed by atoms with Crippen LogP contribution in [-0.2, 0) is 0 Å². The molecule has 0 spiro atoms. The first kappa shape index (κ1) is 13.3. The SMILES string of the molecule is CC(NCC1CCCCS1)c1cccc(Cl)c1. The van der Waals surface area contributed by atoms with Gasteiger partial charge in [0.25, 0.3) is 0 Å². The monoisotopic (exact) mass is 269 g/mol. The van der Waals surface area contributed by atoms with Crippen molar-refractivity contribution >= 4 is 23.4 Å². The summed E-state index contributed by atoms with van der Waals surface area (Å²) in [5.41, 5.74) is 1.28. The quantitative estimate of drug-likeness (QED) is 0.876. The molecule has 1 N–H and O–H groups in total. The number of hydrogen-bond acceptors (Lipinski definition) is 2. The third-order valence-electron chi connectivity index (χ3n) is 3.27. The lowest BCUT2D eigenvalue weighted by atomic mass is 10.1. The van der Waals surface area contributed by atoms with Crippen LogP contribution in [0.4, 0.5) is 0 Å². The van der Waals surface area contributed by atoms with Crippen LogP contribution in [0.3, 0.4) is 0 Å². The molecule has 2 rings (SSSR count). The summed E-state index contributed by atoms with van der Waals surface area (Å²) in [5.74, 6) is 1.33. The molecular weight excluding hydrogens is 250 g/mol. The van der Waals surface area contributed by atoms with E-state index in [1.165, 1.54) is 30.6 Å². The van der Waals surface area contributed by atoms with Crippen LogP contribution in [0.1, 0.15) is 37.8 Å². The minimum atomic E-state index is 0.385. The fraction of sp³-hybridized carbons (Fsp3) is 0.571. The first-order valence-corrected chi connectivity index (χ1v) is 7.79. The van der Waals surface area contributed by atoms with Crippen LogP contribution in [0.5, 0.6) is 0 Å². The number of rotatable bonds is 4. The maximum atomic E-state index is 6.01. The van der Waals surface area contributed by atoms with Crippen LogP contribution in [0.2, 0.25) is 5.02 Å². The van der Waals surface area contributed by atoms with E-state index in [2.05, 4.69) is 30.1 Å². The van der Waals surface area contributed by atoms with E-state index >= 15 is 0 Å². The third kappa shape index (κ3) is 4.20. The summed E-state index contributed by atoms with van der Waals surface area (Å²) < 4.78 is 0. The lowest BCUT2D eigenvalue weighted by Gasteiger charge is -2.24. The Morgan fingerprint density at radius 1 is 1.47 bits per heavy atom. The van der Waals surface area contributed by atoms with E-state index in [0.29, 0.717) is 6.04 Å². The predicted molar refractivity (Wildman–Crippen MR) is 78.0 cm³/mol. The molecule has 0 aliphatic carbocycles. The molecule has 2 unspecified atom stereocenters. The maximum Gasteiger partial charge on any atom is 0.0409 e. The van der Waals surface area contributed by atoms with Gasteiger partial charge < -0.3 is 5.32 Å². The molecule has 1 heterocycles. The summed E-state index contributed by atoms with van der Waals surface area (Å²) in [7, 11) is 0. The highest BCUT2D eigenvalue weighted by Gasteiger charge is 2.15. The zero-order valence-electron chi connectivity index (χ0n) is 10.3. The summed E-state index contributed by atoms with van der Waals surface area (Å²) in [6.07, 6.45) is 4.15. The number of benzene rings is 1. The second-order valence-electron chi connectivity index (χ2n) is 4.67. The standard InChI is InChI=1S/C14H20ClNS/c1-11(12-5-4-6-13(15)9-12)16-10-14-7-2-3-8-17-14/h4-6,9,11,14,16H,2-3,7-8,10H2,1H3. The van der Waals surface area contributed by atoms with Crippen molar-refractivity contribution in [1.29, 1.82) is 0 Å². The Balaban J connectivity index is 1.82. The van der Waals surface area contributed by atoms with Gasteiger partial charge in [0.15, 0.2) is 0 Å². The molecule has 1 aliphatic heterocycles. The van der Waals surface area contributed by atoms with Crippen molar-refractivity contribution in [3.8, 4) is 0 Å². The van der Waals surface area contributed by atoms with Crippen molar-refractivity contribution in [3.63, 3.8) is 0 Å². The van der Waals surface area contributed by atoms with Crippen molar-refractivity contribution in [2.45, 2.75) is 37.5 Å². The van der Waals surface area contributed by atoms with E-state index in [4.69, 9.17) is 11.6 Å². The van der Waals surface area contributed by atoms with Gasteiger partial charge in [0, 0.05) is 22.9 Å². The molecule has 0 bridgehead atoms. The van der Waals surface area contributed by atoms with Crippen LogP contribution in [-0.4, -0.2) is 17.5 Å². The number of halogens is 1. The molecular formula is C14H20ClNS. The zero-order chi connectivity index (χ0) is 12.1. The Bertz CT molecular complexity index is 350. The summed E-state index contributed by atoms with van der Waals surface area (Å²) >= 11 is 8.12. The molecule has 1 aromatic rings. The molecule has 1 nitrogen and oxygen atoms in total. The summed E-state index contributed by atoms with van der Waals surface area (Å²) in [6, 6.07) is 8.52. The Kier molecular flexibility index (Phi) is 5.20. The molecule has 0 radical (unpaired) electrons. The van der Waals surface area contributed by atoms with E-state index in [1.54, 1.807) is 0 Å². The van der Waals surface area contributed by atoms with E-state index < -0.39 is 0 Å². The fourth-order valence-corrected chi connectivity index (χ4v) is 3.62. The largest absolute Gasteiger partial charge is 0.309 e. The normalized spacial score (nSPS) is 22.4. The average Bonchev–Trinajstić information content (AvgIpc) is 2.37. The molecule has 0 amide bonds. The van der Waals surface area contributed by atoms with Gasteiger partial charge in [-0.3, -0.25) is 0 Å². The summed E-state index contributed by atoms with van der Waals surface area (Å²) in [6.45, 7) is 3.32. The van der Waals surface area contributed by atoms with Gasteiger partial charge in [-0.1, -0.05) is 30.2 Å². The molecule has 1 fully saturated rings. The first-order chi connectivity index (χ1) is 8.25. The highest BCUT2D eigenvalue weighted by atomic mass is 35.5. The Hall–Kier alpha value is -0.180. The highest BCUT2D eigenvalue weighted by Crippen LogP contribution is 2.25. The van der Waals surface area contributed by atoms with Crippen molar-refractivity contribution in [3.05, 3.63) is 34.9 Å². The van der Waals surface area contributed by atoms with Crippen molar-refractivity contribution in [2.75, 3.05) is 12.3 Å². The van der Waals surface area contributed by atoms with E-state index in [9.17, 15) is 0 Å². The second-order valence-corrected chi connectivity index (χ2v) is 6.52. The Morgan fingerprint density at radius 2 is 2.35 bits per heavy atom. The Morgan fingerprint density at radius 3 is 3.06 bits per heavy atom.